The van der Waals surface area contributed by atoms with E-state index in [0.29, 0.717) is 22.7 Å². The maximum absolute atomic E-state index is 12.8. The van der Waals surface area contributed by atoms with Gasteiger partial charge in [0, 0.05) is 22.5 Å². The molecule has 5 rings (SSSR count). The van der Waals surface area contributed by atoms with Crippen LogP contribution >= 0.6 is 0 Å². The topological polar surface area (TPSA) is 63.5 Å². The van der Waals surface area contributed by atoms with Crippen LogP contribution in [0, 0.1) is 0 Å². The number of nitrogens with one attached hydrogen (secondary N) is 1. The van der Waals surface area contributed by atoms with Crippen LogP contribution in [0.1, 0.15) is 10.4 Å². The van der Waals surface area contributed by atoms with Gasteiger partial charge in [0.05, 0.1) is 18.5 Å². The fraction of sp³-hybridized carbons (Fsp3) is 0.0385. The van der Waals surface area contributed by atoms with Crippen LogP contribution in [0.2, 0.25) is 0 Å². The van der Waals surface area contributed by atoms with E-state index < -0.39 is 0 Å². The van der Waals surface area contributed by atoms with Gasteiger partial charge < -0.3 is 15.2 Å². The molecular weight excluding hydrogens is 388 g/mol. The molecule has 31 heavy (non-hydrogen) atoms. The standard InChI is InChI=1S/C26H20N2O3/c1-31-21-12-10-17(11-13-21)25(29)27-23-8-4-5-9-24(23)28-16-20-14-18-6-2-3-7-19(18)15-22(20)26(28)30/h2-16,30H,1H3,(H,27,29). The number of fused-ring (bicyclic) bond motifs is 2. The molecule has 0 fully saturated rings. The van der Waals surface area contributed by atoms with Crippen LogP contribution in [0.5, 0.6) is 11.6 Å². The number of amides is 1. The lowest BCUT2D eigenvalue weighted by molar-refractivity contribution is 0.102. The van der Waals surface area contributed by atoms with Crippen molar-refractivity contribution >= 4 is 33.1 Å². The van der Waals surface area contributed by atoms with Crippen molar-refractivity contribution in [1.29, 1.82) is 0 Å². The molecule has 0 saturated carbocycles. The van der Waals surface area contributed by atoms with Crippen molar-refractivity contribution in [3.05, 3.63) is 96.7 Å². The largest absolute Gasteiger partial charge is 0.497 e. The van der Waals surface area contributed by atoms with Crippen molar-refractivity contribution in [1.82, 2.24) is 4.57 Å². The van der Waals surface area contributed by atoms with E-state index in [0.717, 1.165) is 21.5 Å². The first-order valence-corrected chi connectivity index (χ1v) is 9.91. The maximum atomic E-state index is 12.8. The van der Waals surface area contributed by atoms with Gasteiger partial charge in [0.1, 0.15) is 5.75 Å². The number of para-hydroxylation sites is 2. The molecule has 0 unspecified atom stereocenters. The van der Waals surface area contributed by atoms with Gasteiger partial charge in [-0.1, -0.05) is 36.4 Å². The second-order valence-corrected chi connectivity index (χ2v) is 7.31. The second-order valence-electron chi connectivity index (χ2n) is 7.31. The predicted molar refractivity (Wildman–Crippen MR) is 123 cm³/mol. The summed E-state index contributed by atoms with van der Waals surface area (Å²) in [5, 5.41) is 17.8. The summed E-state index contributed by atoms with van der Waals surface area (Å²) in [5.74, 6) is 0.581. The molecule has 0 spiro atoms. The molecule has 1 heterocycles. The molecular formula is C26H20N2O3. The number of rotatable bonds is 4. The van der Waals surface area contributed by atoms with Crippen LogP contribution in [-0.4, -0.2) is 22.7 Å². The highest BCUT2D eigenvalue weighted by atomic mass is 16.5. The summed E-state index contributed by atoms with van der Waals surface area (Å²) in [5.41, 5.74) is 1.80. The van der Waals surface area contributed by atoms with E-state index in [1.807, 2.05) is 60.8 Å². The molecule has 1 amide bonds. The van der Waals surface area contributed by atoms with Crippen LogP contribution < -0.4 is 10.1 Å². The third-order valence-electron chi connectivity index (χ3n) is 5.42. The Morgan fingerprint density at radius 3 is 2.29 bits per heavy atom. The summed E-state index contributed by atoms with van der Waals surface area (Å²) in [6.45, 7) is 0. The molecule has 0 radical (unpaired) electrons. The molecule has 2 N–H and O–H groups in total. The van der Waals surface area contributed by atoms with E-state index in [1.54, 1.807) is 35.9 Å². The van der Waals surface area contributed by atoms with E-state index in [2.05, 4.69) is 11.4 Å². The van der Waals surface area contributed by atoms with Gasteiger partial charge in [0.15, 0.2) is 0 Å². The number of ether oxygens (including phenoxy) is 1. The van der Waals surface area contributed by atoms with Crippen molar-refractivity contribution < 1.29 is 14.6 Å². The summed E-state index contributed by atoms with van der Waals surface area (Å²) in [4.78, 5) is 12.8. The minimum atomic E-state index is -0.239. The first-order valence-electron chi connectivity index (χ1n) is 9.91. The van der Waals surface area contributed by atoms with E-state index in [1.165, 1.54) is 0 Å². The highest BCUT2D eigenvalue weighted by Gasteiger charge is 2.15. The highest BCUT2D eigenvalue weighted by molar-refractivity contribution is 6.06. The Morgan fingerprint density at radius 2 is 1.55 bits per heavy atom. The van der Waals surface area contributed by atoms with Gasteiger partial charge in [-0.15, -0.1) is 0 Å². The molecule has 1 aromatic heterocycles. The van der Waals surface area contributed by atoms with Crippen LogP contribution in [0.15, 0.2) is 91.1 Å². The molecule has 0 saturated heterocycles. The summed E-state index contributed by atoms with van der Waals surface area (Å²) < 4.78 is 6.85. The number of aromatic hydroxyl groups is 1. The average Bonchev–Trinajstić information content (AvgIpc) is 3.13. The van der Waals surface area contributed by atoms with E-state index >= 15 is 0 Å². The summed E-state index contributed by atoms with van der Waals surface area (Å²) in [6, 6.07) is 26.4. The zero-order valence-corrected chi connectivity index (χ0v) is 16.9. The Bertz CT molecular complexity index is 1420. The van der Waals surface area contributed by atoms with Crippen LogP contribution in [0.25, 0.3) is 27.2 Å². The number of anilines is 1. The first kappa shape index (κ1) is 18.8. The van der Waals surface area contributed by atoms with E-state index in [-0.39, 0.29) is 11.8 Å². The van der Waals surface area contributed by atoms with Crippen LogP contribution in [0.4, 0.5) is 5.69 Å². The highest BCUT2D eigenvalue weighted by Crippen LogP contribution is 2.35. The van der Waals surface area contributed by atoms with Crippen molar-refractivity contribution in [2.24, 2.45) is 0 Å². The summed E-state index contributed by atoms with van der Waals surface area (Å²) in [6.07, 6.45) is 1.88. The zero-order valence-electron chi connectivity index (χ0n) is 16.9. The predicted octanol–water partition coefficient (Wildman–Crippen LogP) is 5.75. The Labute approximate surface area is 179 Å². The SMILES string of the molecule is COc1ccc(C(=O)Nc2ccccc2-n2cc3cc4ccccc4cc3c2O)cc1. The molecule has 5 nitrogen and oxygen atoms in total. The lowest BCUT2D eigenvalue weighted by Crippen LogP contribution is -2.13. The zero-order chi connectivity index (χ0) is 21.4. The van der Waals surface area contributed by atoms with Gasteiger partial charge >= 0.3 is 0 Å². The number of hydrogen-bond donors (Lipinski definition) is 2. The van der Waals surface area contributed by atoms with Crippen molar-refractivity contribution in [3.8, 4) is 17.3 Å². The molecule has 152 valence electrons. The molecule has 0 aliphatic heterocycles. The number of aromatic nitrogens is 1. The number of nitrogens with zero attached hydrogens (tertiary/aromatic N) is 1. The van der Waals surface area contributed by atoms with Crippen molar-refractivity contribution in [2.45, 2.75) is 0 Å². The van der Waals surface area contributed by atoms with Gasteiger partial charge in [-0.05, 0) is 59.3 Å². The van der Waals surface area contributed by atoms with Gasteiger partial charge in [0.2, 0.25) is 5.88 Å². The Morgan fingerprint density at radius 1 is 0.871 bits per heavy atom. The normalized spacial score (nSPS) is 11.0. The molecule has 5 aromatic rings. The van der Waals surface area contributed by atoms with Gasteiger partial charge in [-0.25, -0.2) is 0 Å². The monoisotopic (exact) mass is 408 g/mol. The summed E-state index contributed by atoms with van der Waals surface area (Å²) in [7, 11) is 1.59. The molecule has 0 bridgehead atoms. The van der Waals surface area contributed by atoms with E-state index in [4.69, 9.17) is 4.74 Å². The number of carbonyl (C=O) groups is 1. The molecule has 0 aliphatic rings. The van der Waals surface area contributed by atoms with Crippen molar-refractivity contribution in [3.63, 3.8) is 0 Å². The van der Waals surface area contributed by atoms with Crippen LogP contribution in [0.3, 0.4) is 0 Å². The lowest BCUT2D eigenvalue weighted by atomic mass is 10.1. The Hall–Kier alpha value is -4.25. The maximum Gasteiger partial charge on any atom is 0.255 e. The number of hydrogen-bond acceptors (Lipinski definition) is 3. The Kier molecular flexibility index (Phi) is 4.56. The fourth-order valence-corrected chi connectivity index (χ4v) is 3.80. The molecule has 4 aromatic carbocycles. The second kappa shape index (κ2) is 7.54. The van der Waals surface area contributed by atoms with E-state index in [9.17, 15) is 9.90 Å². The smallest absolute Gasteiger partial charge is 0.255 e. The minimum Gasteiger partial charge on any atom is -0.497 e. The van der Waals surface area contributed by atoms with Crippen LogP contribution in [-0.2, 0) is 0 Å². The average molecular weight is 408 g/mol. The van der Waals surface area contributed by atoms with Gasteiger partial charge in [-0.2, -0.15) is 0 Å². The fourth-order valence-electron chi connectivity index (χ4n) is 3.80. The quantitative estimate of drug-likeness (QED) is 0.398. The first-order chi connectivity index (χ1) is 15.1. The molecule has 0 atom stereocenters. The van der Waals surface area contributed by atoms with Crippen molar-refractivity contribution in [2.75, 3.05) is 12.4 Å². The third kappa shape index (κ3) is 3.36. The Balaban J connectivity index is 1.55. The number of carbonyl (C=O) groups excluding carboxylic acids is 1. The van der Waals surface area contributed by atoms with Gasteiger partial charge in [-0.3, -0.25) is 9.36 Å². The number of benzene rings is 4. The lowest BCUT2D eigenvalue weighted by Gasteiger charge is -2.13. The third-order valence-corrected chi connectivity index (χ3v) is 5.42. The molecule has 5 heteroatoms. The molecule has 0 aliphatic carbocycles. The number of methoxy groups -OCH3 is 1. The minimum absolute atomic E-state index is 0.131. The van der Waals surface area contributed by atoms with Gasteiger partial charge in [0.25, 0.3) is 5.91 Å². The summed E-state index contributed by atoms with van der Waals surface area (Å²) >= 11 is 0.